The number of para-hydroxylation sites is 1. The number of benzene rings is 2. The molecule has 2 aromatic rings. The van der Waals surface area contributed by atoms with Crippen LogP contribution in [0.15, 0.2) is 36.4 Å². The minimum Gasteiger partial charge on any atom is -0.347 e. The molecule has 39 heavy (non-hydrogen) atoms. The maximum atomic E-state index is 15.2. The van der Waals surface area contributed by atoms with Gasteiger partial charge in [0, 0.05) is 17.7 Å². The first-order valence-corrected chi connectivity index (χ1v) is 13.1. The van der Waals surface area contributed by atoms with Gasteiger partial charge in [-0.15, -0.1) is 0 Å². The number of hydrogen-bond donors (Lipinski definition) is 2. The summed E-state index contributed by atoms with van der Waals surface area (Å²) in [6, 6.07) is 6.85. The van der Waals surface area contributed by atoms with Crippen LogP contribution in [0.25, 0.3) is 11.1 Å². The Hall–Kier alpha value is -3.36. The Labute approximate surface area is 218 Å². The highest BCUT2D eigenvalue weighted by Crippen LogP contribution is 2.43. The van der Waals surface area contributed by atoms with E-state index in [1.807, 2.05) is 0 Å². The minimum atomic E-state index is -5.72. The van der Waals surface area contributed by atoms with Crippen molar-refractivity contribution in [2.45, 2.75) is 55.9 Å². The van der Waals surface area contributed by atoms with Gasteiger partial charge in [-0.2, -0.15) is 34.8 Å². The number of sulfonamides is 1. The second-order valence-electron chi connectivity index (χ2n) is 9.41. The zero-order valence-electron chi connectivity index (χ0n) is 20.2. The van der Waals surface area contributed by atoms with Gasteiger partial charge in [0.1, 0.15) is 11.4 Å². The summed E-state index contributed by atoms with van der Waals surface area (Å²) in [7, 11) is -5.72. The second kappa shape index (κ2) is 9.68. The van der Waals surface area contributed by atoms with Gasteiger partial charge < -0.3 is 10.6 Å². The molecule has 1 fully saturated rings. The number of alkyl halides is 6. The Balaban J connectivity index is 1.60. The monoisotopic (exact) mass is 581 g/mol. The molecule has 4 rings (SSSR count). The Morgan fingerprint density at radius 1 is 1.05 bits per heavy atom. The van der Waals surface area contributed by atoms with Gasteiger partial charge in [0.05, 0.1) is 11.7 Å². The van der Waals surface area contributed by atoms with E-state index in [1.165, 1.54) is 37.3 Å². The molecule has 0 aromatic heterocycles. The van der Waals surface area contributed by atoms with Crippen LogP contribution >= 0.6 is 0 Å². The van der Waals surface area contributed by atoms with Gasteiger partial charge in [0.25, 0.3) is 0 Å². The third-order valence-corrected chi connectivity index (χ3v) is 8.21. The summed E-state index contributed by atoms with van der Waals surface area (Å²) in [6.07, 6.45) is -4.80. The first kappa shape index (κ1) is 28.6. The highest BCUT2D eigenvalue weighted by molar-refractivity contribution is 7.93. The maximum Gasteiger partial charge on any atom is 0.516 e. The summed E-state index contributed by atoms with van der Waals surface area (Å²) < 4.78 is 118. The van der Waals surface area contributed by atoms with Crippen molar-refractivity contribution in [3.8, 4) is 11.1 Å². The fourth-order valence-electron chi connectivity index (χ4n) is 4.49. The first-order chi connectivity index (χ1) is 18.0. The van der Waals surface area contributed by atoms with E-state index in [0.29, 0.717) is 12.0 Å². The van der Waals surface area contributed by atoms with Crippen molar-refractivity contribution in [2.24, 2.45) is 0 Å². The van der Waals surface area contributed by atoms with Crippen LogP contribution in [0.4, 0.5) is 36.4 Å². The molecule has 1 aliphatic carbocycles. The van der Waals surface area contributed by atoms with Crippen LogP contribution < -0.4 is 14.9 Å². The zero-order chi connectivity index (χ0) is 29.0. The summed E-state index contributed by atoms with van der Waals surface area (Å²) in [6.45, 7) is 0.946. The van der Waals surface area contributed by atoms with Crippen LogP contribution in [0, 0.1) is 5.82 Å². The van der Waals surface area contributed by atoms with E-state index in [4.69, 9.17) is 0 Å². The van der Waals surface area contributed by atoms with Gasteiger partial charge in [-0.3, -0.25) is 13.9 Å². The summed E-state index contributed by atoms with van der Waals surface area (Å²) in [5.74, 6) is -4.10. The summed E-state index contributed by atoms with van der Waals surface area (Å²) in [5.41, 5.74) is -7.13. The number of nitrogens with one attached hydrogen (secondary N) is 2. The molecular formula is C24H22F7N3O4S. The molecule has 2 aliphatic rings. The normalized spacial score (nSPS) is 17.7. The van der Waals surface area contributed by atoms with Crippen LogP contribution in [0.3, 0.4) is 0 Å². The predicted octanol–water partition coefficient (Wildman–Crippen LogP) is 4.48. The smallest absolute Gasteiger partial charge is 0.347 e. The molecular weight excluding hydrogens is 559 g/mol. The van der Waals surface area contributed by atoms with Gasteiger partial charge in [-0.25, -0.2) is 4.39 Å². The SMILES string of the molecule is C[C@@H](NC(=O)C1(NC(=O)C(F)(F)F)CC1)c1ccc(-c2cccc3c2N(S(=O)(=O)C(F)(F)F)CCC3)cc1F. The molecule has 0 unspecified atom stereocenters. The van der Waals surface area contributed by atoms with Gasteiger partial charge in [0.2, 0.25) is 5.91 Å². The summed E-state index contributed by atoms with van der Waals surface area (Å²) in [5, 5.41) is 4.04. The van der Waals surface area contributed by atoms with Crippen molar-refractivity contribution in [3.63, 3.8) is 0 Å². The molecule has 15 heteroatoms. The van der Waals surface area contributed by atoms with E-state index in [2.05, 4.69) is 5.32 Å². The Bertz CT molecular complexity index is 1420. The highest BCUT2D eigenvalue weighted by Gasteiger charge is 2.55. The van der Waals surface area contributed by atoms with Crippen LogP contribution in [0.5, 0.6) is 0 Å². The average molecular weight is 582 g/mol. The Morgan fingerprint density at radius 2 is 1.72 bits per heavy atom. The van der Waals surface area contributed by atoms with Crippen molar-refractivity contribution in [2.75, 3.05) is 10.8 Å². The molecule has 1 aliphatic heterocycles. The lowest BCUT2D eigenvalue weighted by molar-refractivity contribution is -0.175. The molecule has 2 aromatic carbocycles. The number of amides is 2. The molecule has 2 N–H and O–H groups in total. The second-order valence-corrected chi connectivity index (χ2v) is 11.3. The standard InChI is InChI=1S/C24H22F7N3O4S/c1-13(32-20(35)22(9-10-22)33-21(36)23(26,27)28)16-8-7-15(12-18(16)25)17-6-2-4-14-5-3-11-34(19(14)17)39(37,38)24(29,30)31/h2,4,6-8,12-13H,3,5,9-11H2,1H3,(H,32,35)(H,33,36)/t13-/m1/s1. The van der Waals surface area contributed by atoms with Gasteiger partial charge >= 0.3 is 27.6 Å². The topological polar surface area (TPSA) is 95.6 Å². The van der Waals surface area contributed by atoms with E-state index >= 15 is 4.39 Å². The fourth-order valence-corrected chi connectivity index (χ4v) is 5.57. The Morgan fingerprint density at radius 3 is 2.28 bits per heavy atom. The molecule has 1 atom stereocenters. The number of anilines is 1. The highest BCUT2D eigenvalue weighted by atomic mass is 32.2. The molecule has 212 valence electrons. The third kappa shape index (κ3) is 5.40. The van der Waals surface area contributed by atoms with Gasteiger partial charge in [-0.1, -0.05) is 30.3 Å². The number of fused-ring (bicyclic) bond motifs is 1. The lowest BCUT2D eigenvalue weighted by Crippen LogP contribution is -2.53. The molecule has 0 saturated heterocycles. The number of halogens is 7. The van der Waals surface area contributed by atoms with E-state index in [9.17, 15) is 44.3 Å². The van der Waals surface area contributed by atoms with E-state index in [-0.39, 0.29) is 45.9 Å². The first-order valence-electron chi connectivity index (χ1n) is 11.7. The van der Waals surface area contributed by atoms with Crippen molar-refractivity contribution in [3.05, 3.63) is 53.3 Å². The molecule has 0 spiro atoms. The number of hydrogen-bond acceptors (Lipinski definition) is 4. The lowest BCUT2D eigenvalue weighted by Gasteiger charge is -2.33. The number of nitrogens with zero attached hydrogens (tertiary/aromatic N) is 1. The number of carbonyl (C=O) groups excluding carboxylic acids is 2. The molecule has 1 heterocycles. The summed E-state index contributed by atoms with van der Waals surface area (Å²) in [4.78, 5) is 23.8. The van der Waals surface area contributed by atoms with Crippen LogP contribution in [-0.4, -0.2) is 44.0 Å². The summed E-state index contributed by atoms with van der Waals surface area (Å²) >= 11 is 0. The predicted molar refractivity (Wildman–Crippen MR) is 125 cm³/mol. The van der Waals surface area contributed by atoms with Gasteiger partial charge in [0.15, 0.2) is 0 Å². The minimum absolute atomic E-state index is 0.0365. The van der Waals surface area contributed by atoms with Crippen LogP contribution in [0.1, 0.15) is 43.4 Å². The van der Waals surface area contributed by atoms with E-state index < -0.39 is 57.5 Å². The fraction of sp³-hybridized carbons (Fsp3) is 0.417. The molecule has 2 amide bonds. The van der Waals surface area contributed by atoms with Crippen molar-refractivity contribution >= 4 is 27.5 Å². The maximum absolute atomic E-state index is 15.2. The average Bonchev–Trinajstić information content (AvgIpc) is 3.62. The number of carbonyl (C=O) groups is 2. The van der Waals surface area contributed by atoms with E-state index in [1.54, 1.807) is 5.32 Å². The number of aryl methyl sites for hydroxylation is 1. The van der Waals surface area contributed by atoms with Crippen molar-refractivity contribution < 1.29 is 48.7 Å². The van der Waals surface area contributed by atoms with Crippen LogP contribution in [0.2, 0.25) is 0 Å². The molecule has 7 nitrogen and oxygen atoms in total. The molecule has 0 bridgehead atoms. The zero-order valence-corrected chi connectivity index (χ0v) is 21.0. The van der Waals surface area contributed by atoms with Crippen molar-refractivity contribution in [1.29, 1.82) is 0 Å². The van der Waals surface area contributed by atoms with E-state index in [0.717, 1.165) is 6.07 Å². The molecule has 1 saturated carbocycles. The lowest BCUT2D eigenvalue weighted by atomic mass is 9.94. The third-order valence-electron chi connectivity index (χ3n) is 6.68. The largest absolute Gasteiger partial charge is 0.516 e. The quantitative estimate of drug-likeness (QED) is 0.492. The van der Waals surface area contributed by atoms with Crippen LogP contribution in [-0.2, 0) is 26.0 Å². The van der Waals surface area contributed by atoms with Gasteiger partial charge in [-0.05, 0) is 49.8 Å². The molecule has 0 radical (unpaired) electrons. The number of rotatable bonds is 6. The Kier molecular flexibility index (Phi) is 7.11. The van der Waals surface area contributed by atoms with Crippen molar-refractivity contribution in [1.82, 2.24) is 10.6 Å².